The van der Waals surface area contributed by atoms with E-state index in [1.54, 1.807) is 0 Å². The minimum absolute atomic E-state index is 0.541. The molecule has 0 spiro atoms. The molecule has 0 saturated carbocycles. The smallest absolute Gasteiger partial charge is 0.0473 e. The maximum absolute atomic E-state index is 3.71. The van der Waals surface area contributed by atoms with E-state index in [9.17, 15) is 0 Å². The summed E-state index contributed by atoms with van der Waals surface area (Å²) in [6.07, 6.45) is 3.80. The summed E-state index contributed by atoms with van der Waals surface area (Å²) in [4.78, 5) is 2.72. The van der Waals surface area contributed by atoms with Crippen LogP contribution in [0.5, 0.6) is 0 Å². The molecule has 1 heterocycles. The molecule has 1 aromatic rings. The number of hydrogen-bond donors (Lipinski definition) is 1. The van der Waals surface area contributed by atoms with Crippen molar-refractivity contribution in [1.82, 2.24) is 10.2 Å². The van der Waals surface area contributed by atoms with Gasteiger partial charge in [0, 0.05) is 31.7 Å². The van der Waals surface area contributed by atoms with Crippen molar-refractivity contribution in [3.05, 3.63) is 35.9 Å². The first-order chi connectivity index (χ1) is 9.78. The topological polar surface area (TPSA) is 15.3 Å². The normalized spacial score (nSPS) is 24.2. The highest BCUT2D eigenvalue weighted by Gasteiger charge is 2.29. The molecule has 2 nitrogen and oxygen atoms in total. The van der Waals surface area contributed by atoms with E-state index < -0.39 is 0 Å². The van der Waals surface area contributed by atoms with Crippen molar-refractivity contribution in [1.29, 1.82) is 0 Å². The first kappa shape index (κ1) is 15.5. The Bertz CT molecular complexity index is 372. The van der Waals surface area contributed by atoms with Crippen molar-refractivity contribution < 1.29 is 0 Å². The third-order valence-electron chi connectivity index (χ3n) is 4.82. The van der Waals surface area contributed by atoms with Crippen molar-refractivity contribution in [2.75, 3.05) is 19.6 Å². The number of piperazine rings is 1. The molecule has 0 aromatic heterocycles. The van der Waals surface area contributed by atoms with Crippen LogP contribution in [0.4, 0.5) is 0 Å². The van der Waals surface area contributed by atoms with Crippen molar-refractivity contribution in [2.24, 2.45) is 5.92 Å². The summed E-state index contributed by atoms with van der Waals surface area (Å²) in [6, 6.07) is 12.2. The lowest BCUT2D eigenvalue weighted by Gasteiger charge is -2.42. The van der Waals surface area contributed by atoms with Crippen LogP contribution in [-0.2, 0) is 0 Å². The summed E-state index contributed by atoms with van der Waals surface area (Å²) in [7, 11) is 0. The first-order valence-corrected chi connectivity index (χ1v) is 8.30. The molecule has 1 fully saturated rings. The standard InChI is InChI=1S/C18H30N2/c1-4-15(5-2)13-20-14-17(6-3)19-12-18(20)16-10-8-7-9-11-16/h7-11,15,17-19H,4-6,12-14H2,1-3H3. The first-order valence-electron chi connectivity index (χ1n) is 8.30. The molecule has 1 aliphatic rings. The number of hydrogen-bond acceptors (Lipinski definition) is 2. The average Bonchev–Trinajstić information content (AvgIpc) is 2.53. The summed E-state index contributed by atoms with van der Waals surface area (Å²) in [5.41, 5.74) is 1.46. The summed E-state index contributed by atoms with van der Waals surface area (Å²) in [5, 5.41) is 3.71. The van der Waals surface area contributed by atoms with Crippen LogP contribution in [0.2, 0.25) is 0 Å². The fraction of sp³-hybridized carbons (Fsp3) is 0.667. The zero-order valence-corrected chi connectivity index (χ0v) is 13.3. The van der Waals surface area contributed by atoms with E-state index in [2.05, 4.69) is 61.3 Å². The number of benzene rings is 1. The second-order valence-electron chi connectivity index (χ2n) is 6.08. The van der Waals surface area contributed by atoms with Crippen LogP contribution in [-0.4, -0.2) is 30.6 Å². The maximum atomic E-state index is 3.71. The van der Waals surface area contributed by atoms with Crippen molar-refractivity contribution in [3.8, 4) is 0 Å². The Labute approximate surface area is 124 Å². The molecule has 0 amide bonds. The minimum Gasteiger partial charge on any atom is -0.311 e. The number of nitrogens with one attached hydrogen (secondary N) is 1. The van der Waals surface area contributed by atoms with Gasteiger partial charge in [-0.2, -0.15) is 0 Å². The second-order valence-corrected chi connectivity index (χ2v) is 6.08. The second kappa shape index (κ2) is 7.80. The van der Waals surface area contributed by atoms with Gasteiger partial charge < -0.3 is 5.32 Å². The molecule has 2 rings (SSSR count). The molecule has 2 atom stereocenters. The Kier molecular flexibility index (Phi) is 6.06. The molecule has 2 unspecified atom stereocenters. The van der Waals surface area contributed by atoms with Crippen molar-refractivity contribution in [2.45, 2.75) is 52.1 Å². The lowest BCUT2D eigenvalue weighted by Crippen LogP contribution is -2.53. The van der Waals surface area contributed by atoms with Crippen LogP contribution in [0, 0.1) is 5.92 Å². The van der Waals surface area contributed by atoms with Crippen LogP contribution in [0.15, 0.2) is 30.3 Å². The van der Waals surface area contributed by atoms with E-state index in [-0.39, 0.29) is 0 Å². The van der Waals surface area contributed by atoms with Crippen LogP contribution in [0.3, 0.4) is 0 Å². The Morgan fingerprint density at radius 3 is 2.45 bits per heavy atom. The largest absolute Gasteiger partial charge is 0.311 e. The zero-order chi connectivity index (χ0) is 14.4. The van der Waals surface area contributed by atoms with Gasteiger partial charge in [-0.15, -0.1) is 0 Å². The van der Waals surface area contributed by atoms with E-state index in [1.165, 1.54) is 37.9 Å². The van der Waals surface area contributed by atoms with E-state index in [0.717, 1.165) is 12.5 Å². The Morgan fingerprint density at radius 2 is 1.85 bits per heavy atom. The summed E-state index contributed by atoms with van der Waals surface area (Å²) in [6.45, 7) is 10.5. The monoisotopic (exact) mass is 274 g/mol. The third-order valence-corrected chi connectivity index (χ3v) is 4.82. The lowest BCUT2D eigenvalue weighted by molar-refractivity contribution is 0.106. The van der Waals surface area contributed by atoms with E-state index in [1.807, 2.05) is 0 Å². The molecule has 0 bridgehead atoms. The molecule has 20 heavy (non-hydrogen) atoms. The summed E-state index contributed by atoms with van der Waals surface area (Å²) in [5.74, 6) is 0.830. The molecule has 0 aliphatic carbocycles. The molecule has 112 valence electrons. The molecular formula is C18H30N2. The quantitative estimate of drug-likeness (QED) is 0.847. The van der Waals surface area contributed by atoms with Crippen LogP contribution in [0.1, 0.15) is 51.6 Å². The van der Waals surface area contributed by atoms with Gasteiger partial charge in [0.25, 0.3) is 0 Å². The van der Waals surface area contributed by atoms with Gasteiger partial charge in [0.1, 0.15) is 0 Å². The number of nitrogens with zero attached hydrogens (tertiary/aromatic N) is 1. The summed E-state index contributed by atoms with van der Waals surface area (Å²) < 4.78 is 0. The summed E-state index contributed by atoms with van der Waals surface area (Å²) >= 11 is 0. The lowest BCUT2D eigenvalue weighted by atomic mass is 9.96. The molecule has 1 N–H and O–H groups in total. The fourth-order valence-electron chi connectivity index (χ4n) is 3.24. The molecule has 1 aromatic carbocycles. The zero-order valence-electron chi connectivity index (χ0n) is 13.3. The molecule has 1 saturated heterocycles. The number of rotatable bonds is 6. The molecule has 2 heteroatoms. The fourth-order valence-corrected chi connectivity index (χ4v) is 3.24. The van der Waals surface area contributed by atoms with Gasteiger partial charge in [0.2, 0.25) is 0 Å². The Morgan fingerprint density at radius 1 is 1.15 bits per heavy atom. The van der Waals surface area contributed by atoms with Gasteiger partial charge in [-0.05, 0) is 17.9 Å². The Hall–Kier alpha value is -0.860. The van der Waals surface area contributed by atoms with Gasteiger partial charge in [0.05, 0.1) is 0 Å². The molecule has 1 aliphatic heterocycles. The van der Waals surface area contributed by atoms with Gasteiger partial charge >= 0.3 is 0 Å². The van der Waals surface area contributed by atoms with Gasteiger partial charge in [-0.25, -0.2) is 0 Å². The Balaban J connectivity index is 2.11. The predicted molar refractivity (Wildman–Crippen MR) is 86.9 cm³/mol. The third kappa shape index (κ3) is 3.83. The van der Waals surface area contributed by atoms with Crippen molar-refractivity contribution in [3.63, 3.8) is 0 Å². The van der Waals surface area contributed by atoms with Gasteiger partial charge in [0.15, 0.2) is 0 Å². The van der Waals surface area contributed by atoms with Crippen molar-refractivity contribution >= 4 is 0 Å². The van der Waals surface area contributed by atoms with Crippen LogP contribution >= 0.6 is 0 Å². The molecule has 0 radical (unpaired) electrons. The van der Waals surface area contributed by atoms with E-state index >= 15 is 0 Å². The maximum Gasteiger partial charge on any atom is 0.0473 e. The highest BCUT2D eigenvalue weighted by Crippen LogP contribution is 2.26. The highest BCUT2D eigenvalue weighted by atomic mass is 15.2. The van der Waals surface area contributed by atoms with E-state index in [4.69, 9.17) is 0 Å². The predicted octanol–water partition coefficient (Wildman–Crippen LogP) is 3.85. The van der Waals surface area contributed by atoms with Gasteiger partial charge in [-0.3, -0.25) is 4.90 Å². The average molecular weight is 274 g/mol. The van der Waals surface area contributed by atoms with Crippen LogP contribution < -0.4 is 5.32 Å². The minimum atomic E-state index is 0.541. The van der Waals surface area contributed by atoms with Gasteiger partial charge in [-0.1, -0.05) is 63.9 Å². The van der Waals surface area contributed by atoms with Crippen LogP contribution in [0.25, 0.3) is 0 Å². The van der Waals surface area contributed by atoms with E-state index in [0.29, 0.717) is 12.1 Å². The highest BCUT2D eigenvalue weighted by molar-refractivity contribution is 5.20. The SMILES string of the molecule is CCC(CC)CN1CC(CC)NCC1c1ccccc1. The molecular weight excluding hydrogens is 244 g/mol.